The van der Waals surface area contributed by atoms with Gasteiger partial charge < -0.3 is 14.6 Å². The molecule has 0 aliphatic carbocycles. The lowest BCUT2D eigenvalue weighted by molar-refractivity contribution is -0.136. The third-order valence-corrected chi connectivity index (χ3v) is 4.17. The summed E-state index contributed by atoms with van der Waals surface area (Å²) in [4.78, 5) is 16.3. The van der Waals surface area contributed by atoms with Crippen LogP contribution in [0.25, 0.3) is 10.6 Å². The maximum atomic E-state index is 10.7. The molecule has 0 aliphatic heterocycles. The van der Waals surface area contributed by atoms with Crippen LogP contribution in [0, 0.1) is 0 Å². The number of thiazole rings is 1. The Hall–Kier alpha value is -1.92. The van der Waals surface area contributed by atoms with E-state index in [0.717, 1.165) is 26.9 Å². The predicted octanol–water partition coefficient (Wildman–Crippen LogP) is 2.98. The minimum absolute atomic E-state index is 0.0982. The van der Waals surface area contributed by atoms with Crippen LogP contribution >= 0.6 is 11.3 Å². The zero-order valence-corrected chi connectivity index (χ0v) is 12.8. The zero-order valence-electron chi connectivity index (χ0n) is 12.0. The molecule has 0 fully saturated rings. The van der Waals surface area contributed by atoms with Gasteiger partial charge in [-0.2, -0.15) is 0 Å². The number of hydrogen-bond donors (Lipinski definition) is 1. The Kier molecular flexibility index (Phi) is 5.30. The van der Waals surface area contributed by atoms with E-state index in [4.69, 9.17) is 14.6 Å². The number of ether oxygens (including phenoxy) is 2. The van der Waals surface area contributed by atoms with Crippen molar-refractivity contribution in [3.63, 3.8) is 0 Å². The Morgan fingerprint density at radius 1 is 1.29 bits per heavy atom. The van der Waals surface area contributed by atoms with Crippen molar-refractivity contribution < 1.29 is 19.4 Å². The molecule has 2 rings (SSSR count). The predicted molar refractivity (Wildman–Crippen MR) is 80.8 cm³/mol. The van der Waals surface area contributed by atoms with Crippen molar-refractivity contribution in [2.24, 2.45) is 0 Å². The van der Waals surface area contributed by atoms with Gasteiger partial charge >= 0.3 is 5.97 Å². The summed E-state index contributed by atoms with van der Waals surface area (Å²) in [6, 6.07) is 7.64. The number of aromatic nitrogens is 1. The van der Waals surface area contributed by atoms with E-state index in [1.165, 1.54) is 11.3 Å². The van der Waals surface area contributed by atoms with E-state index in [1.807, 2.05) is 24.3 Å². The van der Waals surface area contributed by atoms with Gasteiger partial charge in [-0.3, -0.25) is 4.79 Å². The molecule has 1 aromatic heterocycles. The third kappa shape index (κ3) is 4.03. The SMILES string of the molecule is COCc1nc(-c2ccc(OC)cc2)sc1CCC(=O)O. The van der Waals surface area contributed by atoms with Gasteiger partial charge in [0.05, 0.1) is 25.8 Å². The number of carbonyl (C=O) groups is 1. The summed E-state index contributed by atoms with van der Waals surface area (Å²) < 4.78 is 10.3. The smallest absolute Gasteiger partial charge is 0.303 e. The second-order valence-corrected chi connectivity index (χ2v) is 5.53. The molecule has 0 radical (unpaired) electrons. The standard InChI is InChI=1S/C15H17NO4S/c1-19-9-12-13(7-8-14(17)18)21-15(16-12)10-3-5-11(20-2)6-4-10/h3-6H,7-9H2,1-2H3,(H,17,18). The normalized spacial score (nSPS) is 10.6. The Morgan fingerprint density at radius 3 is 2.57 bits per heavy atom. The van der Waals surface area contributed by atoms with E-state index in [-0.39, 0.29) is 6.42 Å². The highest BCUT2D eigenvalue weighted by atomic mass is 32.1. The van der Waals surface area contributed by atoms with Crippen molar-refractivity contribution in [2.45, 2.75) is 19.4 Å². The van der Waals surface area contributed by atoms with Crippen LogP contribution in [0.2, 0.25) is 0 Å². The molecule has 0 atom stereocenters. The van der Waals surface area contributed by atoms with Gasteiger partial charge in [0, 0.05) is 17.6 Å². The van der Waals surface area contributed by atoms with Crippen molar-refractivity contribution in [3.8, 4) is 16.3 Å². The molecule has 0 spiro atoms. The summed E-state index contributed by atoms with van der Waals surface area (Å²) in [5.74, 6) is -0.0173. The Labute approximate surface area is 127 Å². The summed E-state index contributed by atoms with van der Waals surface area (Å²) in [6.45, 7) is 0.390. The monoisotopic (exact) mass is 307 g/mol. The number of methoxy groups -OCH3 is 2. The molecule has 21 heavy (non-hydrogen) atoms. The quantitative estimate of drug-likeness (QED) is 0.851. The van der Waals surface area contributed by atoms with Gasteiger partial charge in [0.15, 0.2) is 0 Å². The number of aliphatic carboxylic acids is 1. The third-order valence-electron chi connectivity index (χ3n) is 2.96. The maximum Gasteiger partial charge on any atom is 0.303 e. The second kappa shape index (κ2) is 7.19. The van der Waals surface area contributed by atoms with Gasteiger partial charge in [-0.25, -0.2) is 4.98 Å². The molecule has 2 aromatic rings. The number of aryl methyl sites for hydroxylation is 1. The number of carboxylic acid groups (broad SMARTS) is 1. The van der Waals surface area contributed by atoms with Gasteiger partial charge in [-0.15, -0.1) is 11.3 Å². The van der Waals surface area contributed by atoms with Crippen molar-refractivity contribution in [1.29, 1.82) is 0 Å². The molecular weight excluding hydrogens is 290 g/mol. The van der Waals surface area contributed by atoms with E-state index in [1.54, 1.807) is 14.2 Å². The van der Waals surface area contributed by atoms with E-state index in [0.29, 0.717) is 13.0 Å². The van der Waals surface area contributed by atoms with Crippen LogP contribution < -0.4 is 4.74 Å². The van der Waals surface area contributed by atoms with Crippen molar-refractivity contribution >= 4 is 17.3 Å². The van der Waals surface area contributed by atoms with E-state index < -0.39 is 5.97 Å². The van der Waals surface area contributed by atoms with Crippen LogP contribution in [0.15, 0.2) is 24.3 Å². The molecule has 1 heterocycles. The number of rotatable bonds is 7. The molecular formula is C15H17NO4S. The minimum atomic E-state index is -0.808. The molecule has 0 saturated heterocycles. The molecule has 0 amide bonds. The maximum absolute atomic E-state index is 10.7. The van der Waals surface area contributed by atoms with Crippen LogP contribution in [-0.4, -0.2) is 30.3 Å². The lowest BCUT2D eigenvalue weighted by atomic mass is 10.2. The minimum Gasteiger partial charge on any atom is -0.497 e. The first-order valence-electron chi connectivity index (χ1n) is 6.47. The van der Waals surface area contributed by atoms with Crippen LogP contribution in [0.1, 0.15) is 17.0 Å². The average molecular weight is 307 g/mol. The van der Waals surface area contributed by atoms with Crippen molar-refractivity contribution in [1.82, 2.24) is 4.98 Å². The number of benzene rings is 1. The van der Waals surface area contributed by atoms with Crippen LogP contribution in [0.3, 0.4) is 0 Å². The lowest BCUT2D eigenvalue weighted by Gasteiger charge is -2.00. The number of hydrogen-bond acceptors (Lipinski definition) is 5. The molecule has 112 valence electrons. The fraction of sp³-hybridized carbons (Fsp3) is 0.333. The molecule has 0 bridgehead atoms. The molecule has 5 nitrogen and oxygen atoms in total. The molecule has 1 N–H and O–H groups in total. The van der Waals surface area contributed by atoms with Gasteiger partial charge in [0.1, 0.15) is 10.8 Å². The molecule has 0 saturated carbocycles. The summed E-state index contributed by atoms with van der Waals surface area (Å²) in [5.41, 5.74) is 1.80. The first-order chi connectivity index (χ1) is 10.1. The molecule has 6 heteroatoms. The van der Waals surface area contributed by atoms with E-state index in [9.17, 15) is 4.79 Å². The summed E-state index contributed by atoms with van der Waals surface area (Å²) in [6.07, 6.45) is 0.572. The Bertz CT molecular complexity index is 607. The van der Waals surface area contributed by atoms with Gasteiger partial charge in [-0.1, -0.05) is 0 Å². The van der Waals surface area contributed by atoms with Crippen LogP contribution in [0.4, 0.5) is 0 Å². The highest BCUT2D eigenvalue weighted by Gasteiger charge is 2.13. The first kappa shape index (κ1) is 15.5. The highest BCUT2D eigenvalue weighted by Crippen LogP contribution is 2.30. The fourth-order valence-corrected chi connectivity index (χ4v) is 2.98. The fourth-order valence-electron chi connectivity index (χ4n) is 1.91. The number of nitrogens with zero attached hydrogens (tertiary/aromatic N) is 1. The zero-order chi connectivity index (χ0) is 15.2. The highest BCUT2D eigenvalue weighted by molar-refractivity contribution is 7.15. The molecule has 0 unspecified atom stereocenters. The second-order valence-electron chi connectivity index (χ2n) is 4.44. The largest absolute Gasteiger partial charge is 0.497 e. The van der Waals surface area contributed by atoms with Crippen LogP contribution in [-0.2, 0) is 22.6 Å². The van der Waals surface area contributed by atoms with Gasteiger partial charge in [0.2, 0.25) is 0 Å². The average Bonchev–Trinajstić information content (AvgIpc) is 2.89. The summed E-state index contributed by atoms with van der Waals surface area (Å²) in [5, 5.41) is 9.68. The van der Waals surface area contributed by atoms with Crippen LogP contribution in [0.5, 0.6) is 5.75 Å². The molecule has 1 aromatic carbocycles. The van der Waals surface area contributed by atoms with Gasteiger partial charge in [-0.05, 0) is 30.7 Å². The lowest BCUT2D eigenvalue weighted by Crippen LogP contribution is -1.99. The topological polar surface area (TPSA) is 68.7 Å². The first-order valence-corrected chi connectivity index (χ1v) is 7.29. The van der Waals surface area contributed by atoms with E-state index in [2.05, 4.69) is 4.98 Å². The van der Waals surface area contributed by atoms with Crippen molar-refractivity contribution in [3.05, 3.63) is 34.8 Å². The number of carboxylic acids is 1. The summed E-state index contributed by atoms with van der Waals surface area (Å²) in [7, 11) is 3.23. The van der Waals surface area contributed by atoms with E-state index >= 15 is 0 Å². The van der Waals surface area contributed by atoms with Crippen molar-refractivity contribution in [2.75, 3.05) is 14.2 Å². The Morgan fingerprint density at radius 2 is 2.00 bits per heavy atom. The van der Waals surface area contributed by atoms with Gasteiger partial charge in [0.25, 0.3) is 0 Å². The molecule has 0 aliphatic rings. The Balaban J connectivity index is 2.26. The summed E-state index contributed by atoms with van der Waals surface area (Å²) >= 11 is 1.51.